The molecule has 4 rings (SSSR count). The van der Waals surface area contributed by atoms with Gasteiger partial charge >= 0.3 is 12.1 Å². The Kier molecular flexibility index (Phi) is 10.3. The van der Waals surface area contributed by atoms with E-state index >= 15 is 0 Å². The lowest BCUT2D eigenvalue weighted by molar-refractivity contribution is -0.157. The number of epoxide rings is 1. The molecule has 13 heteroatoms. The average molecular weight is 651 g/mol. The zero-order chi connectivity index (χ0) is 33.3. The number of alkyl carbamates (subject to hydrolysis) is 1. The number of methoxy groups -OCH3 is 2. The van der Waals surface area contributed by atoms with Crippen molar-refractivity contribution in [2.75, 3.05) is 19.5 Å². The molecule has 0 saturated carbocycles. The van der Waals surface area contributed by atoms with E-state index in [9.17, 15) is 24.6 Å². The van der Waals surface area contributed by atoms with Crippen LogP contribution in [0.2, 0.25) is 5.02 Å². The molecule has 1 unspecified atom stereocenters. The highest BCUT2D eigenvalue weighted by Crippen LogP contribution is 2.49. The molecule has 2 amide bonds. The summed E-state index contributed by atoms with van der Waals surface area (Å²) < 4.78 is 28.5. The van der Waals surface area contributed by atoms with Crippen molar-refractivity contribution in [2.45, 2.75) is 102 Å². The maximum atomic E-state index is 13.5. The number of allylic oxidation sites excluding steroid dienone is 3. The van der Waals surface area contributed by atoms with Crippen LogP contribution in [0.4, 0.5) is 10.5 Å². The van der Waals surface area contributed by atoms with E-state index in [0.717, 1.165) is 11.1 Å². The number of ether oxygens (including phenoxy) is 5. The Morgan fingerprint density at radius 1 is 1.24 bits per heavy atom. The molecule has 0 radical (unpaired) electrons. The van der Waals surface area contributed by atoms with E-state index in [1.807, 2.05) is 13.0 Å². The average Bonchev–Trinajstić information content (AvgIpc) is 3.62. The first-order valence-electron chi connectivity index (χ1n) is 14.8. The molecule has 1 aromatic rings. The van der Waals surface area contributed by atoms with Crippen LogP contribution in [0.5, 0.6) is 5.75 Å². The highest BCUT2D eigenvalue weighted by Gasteiger charge is 2.64. The van der Waals surface area contributed by atoms with Crippen molar-refractivity contribution in [1.82, 2.24) is 5.32 Å². The SMILES string of the molecule is COc1cc2cc(c1Cl)NC(=O)CC(OC(=O)CC(C)(C)O)[C@]1(C)O[C@H]1[C@H](C)[C@@H]1C[C@@](O)(NC(=O)O1)[C@H](OC)/C=C\C=C(\C)C2. The van der Waals surface area contributed by atoms with E-state index in [1.54, 1.807) is 38.1 Å². The molecule has 45 heavy (non-hydrogen) atoms. The maximum Gasteiger partial charge on any atom is 0.409 e. The highest BCUT2D eigenvalue weighted by molar-refractivity contribution is 6.35. The fourth-order valence-electron chi connectivity index (χ4n) is 5.96. The van der Waals surface area contributed by atoms with Gasteiger partial charge in [-0.25, -0.2) is 4.79 Å². The Balaban J connectivity index is 1.75. The van der Waals surface area contributed by atoms with Crippen molar-refractivity contribution in [3.8, 4) is 5.75 Å². The quantitative estimate of drug-likeness (QED) is 0.272. The normalized spacial score (nSPS) is 34.2. The minimum atomic E-state index is -1.80. The van der Waals surface area contributed by atoms with E-state index in [-0.39, 0.29) is 24.3 Å². The maximum absolute atomic E-state index is 13.5. The Morgan fingerprint density at radius 3 is 2.60 bits per heavy atom. The molecule has 3 aliphatic heterocycles. The lowest BCUT2D eigenvalue weighted by atomic mass is 9.83. The summed E-state index contributed by atoms with van der Waals surface area (Å²) in [5.41, 5.74) is -2.25. The molecule has 7 atom stereocenters. The van der Waals surface area contributed by atoms with Crippen LogP contribution >= 0.6 is 11.6 Å². The first-order chi connectivity index (χ1) is 21.0. The van der Waals surface area contributed by atoms with Crippen LogP contribution in [0, 0.1) is 5.92 Å². The number of nitrogens with one attached hydrogen (secondary N) is 2. The number of carbonyl (C=O) groups is 3. The molecular weight excluding hydrogens is 608 g/mol. The molecule has 12 nitrogen and oxygen atoms in total. The number of carbonyl (C=O) groups excluding carboxylic acids is 3. The number of benzene rings is 1. The van der Waals surface area contributed by atoms with Crippen LogP contribution in [0.3, 0.4) is 0 Å². The minimum absolute atomic E-state index is 0.0326. The first-order valence-corrected chi connectivity index (χ1v) is 15.2. The molecule has 2 saturated heterocycles. The zero-order valence-corrected chi connectivity index (χ0v) is 27.4. The molecule has 1 aromatic carbocycles. The highest BCUT2D eigenvalue weighted by atomic mass is 35.5. The van der Waals surface area contributed by atoms with Gasteiger partial charge < -0.3 is 39.2 Å². The van der Waals surface area contributed by atoms with Gasteiger partial charge in [-0.3, -0.25) is 14.9 Å². The van der Waals surface area contributed by atoms with E-state index in [2.05, 4.69) is 10.6 Å². The van der Waals surface area contributed by atoms with Crippen molar-refractivity contribution in [2.24, 2.45) is 5.92 Å². The third-order valence-electron chi connectivity index (χ3n) is 8.37. The Morgan fingerprint density at radius 2 is 1.96 bits per heavy atom. The van der Waals surface area contributed by atoms with Gasteiger partial charge in [-0.15, -0.1) is 0 Å². The van der Waals surface area contributed by atoms with E-state index in [1.165, 1.54) is 28.1 Å². The third kappa shape index (κ3) is 8.17. The van der Waals surface area contributed by atoms with E-state index < -0.39 is 65.2 Å². The Bertz CT molecular complexity index is 1370. The van der Waals surface area contributed by atoms with Gasteiger partial charge in [-0.05, 0) is 51.8 Å². The monoisotopic (exact) mass is 650 g/mol. The molecule has 0 aromatic heterocycles. The number of hydrogen-bond donors (Lipinski definition) is 4. The van der Waals surface area contributed by atoms with Crippen LogP contribution in [-0.2, 0) is 35.0 Å². The van der Waals surface area contributed by atoms with E-state index in [0.29, 0.717) is 17.9 Å². The second-order valence-electron chi connectivity index (χ2n) is 12.9. The van der Waals surface area contributed by atoms with Gasteiger partial charge in [-0.1, -0.05) is 42.3 Å². The van der Waals surface area contributed by atoms with Crippen LogP contribution < -0.4 is 15.4 Å². The largest absolute Gasteiger partial charge is 0.495 e. The molecule has 0 aliphatic carbocycles. The fourth-order valence-corrected chi connectivity index (χ4v) is 6.20. The van der Waals surface area contributed by atoms with Crippen molar-refractivity contribution in [3.63, 3.8) is 0 Å². The predicted octanol–water partition coefficient (Wildman–Crippen LogP) is 3.80. The molecular formula is C32H43ClN2O10. The smallest absolute Gasteiger partial charge is 0.409 e. The van der Waals surface area contributed by atoms with Gasteiger partial charge in [0.25, 0.3) is 0 Å². The number of aliphatic hydroxyl groups is 2. The van der Waals surface area contributed by atoms with Crippen LogP contribution in [0.25, 0.3) is 0 Å². The van der Waals surface area contributed by atoms with Gasteiger partial charge in [0.1, 0.15) is 34.7 Å². The van der Waals surface area contributed by atoms with Gasteiger partial charge in [-0.2, -0.15) is 0 Å². The molecule has 3 heterocycles. The summed E-state index contributed by atoms with van der Waals surface area (Å²) in [7, 11) is 2.90. The number of rotatable bonds is 5. The summed E-state index contributed by atoms with van der Waals surface area (Å²) in [5.74, 6) is -1.35. The van der Waals surface area contributed by atoms with Crippen LogP contribution in [-0.4, -0.2) is 83.7 Å². The topological polar surface area (TPSA) is 165 Å². The van der Waals surface area contributed by atoms with Crippen molar-refractivity contribution >= 4 is 35.3 Å². The molecule has 4 bridgehead atoms. The number of esters is 1. The zero-order valence-electron chi connectivity index (χ0n) is 26.6. The first kappa shape index (κ1) is 34.7. The summed E-state index contributed by atoms with van der Waals surface area (Å²) in [6, 6.07) is 3.51. The molecule has 0 spiro atoms. The van der Waals surface area contributed by atoms with Gasteiger partial charge in [0.05, 0.1) is 37.3 Å². The number of fused-ring (bicyclic) bond motifs is 5. The number of hydrogen-bond acceptors (Lipinski definition) is 10. The van der Waals surface area contributed by atoms with Crippen LogP contribution in [0.15, 0.2) is 35.9 Å². The lowest BCUT2D eigenvalue weighted by Crippen LogP contribution is -2.63. The summed E-state index contributed by atoms with van der Waals surface area (Å²) in [6.07, 6.45) is 0.792. The standard InChI is InChI=1S/C32H43ClN2O10/c1-17-9-8-10-23(42-7)32(40)15-22(43-29(38)35-32)18(2)28-31(5,45-28)24(44-26(37)16-30(3,4)39)14-25(36)34-20-12-19(11-17)13-21(41-6)27(20)33/h8-10,12-13,18,22-24,28,39-40H,11,14-16H2,1-7H3,(H,34,36)(H,35,38)/b10-8-,17-9-/t18-,22+,23-,24?,28+,31+,32+/m1/s1. The van der Waals surface area contributed by atoms with Crippen LogP contribution in [0.1, 0.15) is 59.4 Å². The van der Waals surface area contributed by atoms with Gasteiger partial charge in [0, 0.05) is 19.4 Å². The van der Waals surface area contributed by atoms with E-state index in [4.69, 9.17) is 35.3 Å². The summed E-state index contributed by atoms with van der Waals surface area (Å²) in [6.45, 7) is 8.35. The molecule has 2 fully saturated rings. The number of anilines is 1. The summed E-state index contributed by atoms with van der Waals surface area (Å²) in [5, 5.41) is 27.3. The lowest BCUT2D eigenvalue weighted by Gasteiger charge is -2.42. The Labute approximate surface area is 268 Å². The van der Waals surface area contributed by atoms with Crippen molar-refractivity contribution in [1.29, 1.82) is 0 Å². The summed E-state index contributed by atoms with van der Waals surface area (Å²) in [4.78, 5) is 39.0. The van der Waals surface area contributed by atoms with Gasteiger partial charge in [0.15, 0.2) is 5.72 Å². The molecule has 4 N–H and O–H groups in total. The Hall–Kier alpha value is -3.16. The second-order valence-corrected chi connectivity index (χ2v) is 13.3. The number of halogens is 1. The minimum Gasteiger partial charge on any atom is -0.495 e. The third-order valence-corrected chi connectivity index (χ3v) is 8.76. The fraction of sp³-hybridized carbons (Fsp3) is 0.594. The second kappa shape index (κ2) is 13.3. The summed E-state index contributed by atoms with van der Waals surface area (Å²) >= 11 is 6.57. The molecule has 3 aliphatic rings. The van der Waals surface area contributed by atoms with Gasteiger partial charge in [0.2, 0.25) is 5.91 Å². The number of amides is 2. The van der Waals surface area contributed by atoms with Crippen molar-refractivity contribution < 1.29 is 48.3 Å². The molecule has 248 valence electrons. The van der Waals surface area contributed by atoms with Crippen molar-refractivity contribution in [3.05, 3.63) is 46.5 Å². The predicted molar refractivity (Wildman–Crippen MR) is 165 cm³/mol.